The van der Waals surface area contributed by atoms with E-state index in [1.54, 1.807) is 12.1 Å². The summed E-state index contributed by atoms with van der Waals surface area (Å²) in [4.78, 5) is 0. The van der Waals surface area contributed by atoms with Crippen LogP contribution in [0.5, 0.6) is 11.5 Å². The van der Waals surface area contributed by atoms with Crippen molar-refractivity contribution in [2.75, 3.05) is 0 Å². The van der Waals surface area contributed by atoms with Gasteiger partial charge < -0.3 is 10.5 Å². The molecule has 2 N–H and O–H groups in total. The van der Waals surface area contributed by atoms with Gasteiger partial charge in [-0.15, -0.1) is 0 Å². The average molecular weight is 310 g/mol. The number of ether oxygens (including phenoxy) is 1. The molecule has 0 radical (unpaired) electrons. The lowest BCUT2D eigenvalue weighted by Gasteiger charge is -2.15. The van der Waals surface area contributed by atoms with Crippen molar-refractivity contribution in [1.29, 1.82) is 0 Å². The van der Waals surface area contributed by atoms with Crippen molar-refractivity contribution in [2.45, 2.75) is 26.3 Å². The Morgan fingerprint density at radius 3 is 2.30 bits per heavy atom. The van der Waals surface area contributed by atoms with Crippen LogP contribution in [0.2, 0.25) is 10.0 Å². The maximum atomic E-state index is 6.05. The average Bonchev–Trinajstić information content (AvgIpc) is 2.37. The minimum absolute atomic E-state index is 0.0546. The molecule has 0 amide bonds. The zero-order valence-electron chi connectivity index (χ0n) is 11.5. The second kappa shape index (κ2) is 6.49. The molecule has 106 valence electrons. The van der Waals surface area contributed by atoms with Gasteiger partial charge >= 0.3 is 0 Å². The minimum atomic E-state index is 0.0546. The standard InChI is InChI=1S/C16H17Cl2NO/c1-10-3-5-13(17)8-15(10)20-16-9-14(18)6-4-12(16)7-11(2)19/h3-6,8-9,11H,7,19H2,1-2H3. The quantitative estimate of drug-likeness (QED) is 0.864. The molecule has 2 nitrogen and oxygen atoms in total. The molecule has 1 unspecified atom stereocenters. The predicted octanol–water partition coefficient (Wildman–Crippen LogP) is 4.98. The van der Waals surface area contributed by atoms with Gasteiger partial charge in [-0.3, -0.25) is 0 Å². The minimum Gasteiger partial charge on any atom is -0.457 e. The first kappa shape index (κ1) is 15.2. The molecule has 0 saturated heterocycles. The van der Waals surface area contributed by atoms with Crippen LogP contribution in [0.4, 0.5) is 0 Å². The summed E-state index contributed by atoms with van der Waals surface area (Å²) >= 11 is 12.1. The fraction of sp³-hybridized carbons (Fsp3) is 0.250. The van der Waals surface area contributed by atoms with E-state index in [0.717, 1.165) is 29.0 Å². The van der Waals surface area contributed by atoms with Gasteiger partial charge in [-0.25, -0.2) is 0 Å². The Morgan fingerprint density at radius 1 is 1.05 bits per heavy atom. The van der Waals surface area contributed by atoms with Gasteiger partial charge in [0.1, 0.15) is 11.5 Å². The number of rotatable bonds is 4. The van der Waals surface area contributed by atoms with Crippen molar-refractivity contribution >= 4 is 23.2 Å². The lowest BCUT2D eigenvalue weighted by atomic mass is 10.1. The van der Waals surface area contributed by atoms with Gasteiger partial charge in [0.05, 0.1) is 0 Å². The summed E-state index contributed by atoms with van der Waals surface area (Å²) < 4.78 is 5.98. The van der Waals surface area contributed by atoms with Crippen molar-refractivity contribution < 1.29 is 4.74 Å². The zero-order valence-corrected chi connectivity index (χ0v) is 13.0. The Kier molecular flexibility index (Phi) is 4.92. The van der Waals surface area contributed by atoms with E-state index in [1.807, 2.05) is 38.1 Å². The van der Waals surface area contributed by atoms with E-state index < -0.39 is 0 Å². The summed E-state index contributed by atoms with van der Waals surface area (Å²) in [6.45, 7) is 3.93. The summed E-state index contributed by atoms with van der Waals surface area (Å²) in [7, 11) is 0. The molecule has 0 bridgehead atoms. The molecule has 0 spiro atoms. The van der Waals surface area contributed by atoms with Crippen LogP contribution in [-0.2, 0) is 6.42 Å². The van der Waals surface area contributed by atoms with Crippen LogP contribution >= 0.6 is 23.2 Å². The molecule has 0 aliphatic heterocycles. The number of halogens is 2. The number of hydrogen-bond acceptors (Lipinski definition) is 2. The fourth-order valence-electron chi connectivity index (χ4n) is 1.94. The molecule has 2 aromatic rings. The van der Waals surface area contributed by atoms with Gasteiger partial charge in [0.25, 0.3) is 0 Å². The van der Waals surface area contributed by atoms with Gasteiger partial charge in [-0.05, 0) is 55.7 Å². The molecular weight excluding hydrogens is 293 g/mol. The second-order valence-corrected chi connectivity index (χ2v) is 5.82. The van der Waals surface area contributed by atoms with E-state index in [-0.39, 0.29) is 6.04 Å². The largest absolute Gasteiger partial charge is 0.457 e. The Hall–Kier alpha value is -1.22. The van der Waals surface area contributed by atoms with Gasteiger partial charge in [0.2, 0.25) is 0 Å². The third kappa shape index (κ3) is 3.89. The van der Waals surface area contributed by atoms with Crippen LogP contribution in [0.1, 0.15) is 18.1 Å². The molecular formula is C16H17Cl2NO. The van der Waals surface area contributed by atoms with E-state index in [2.05, 4.69) is 0 Å². The normalized spacial score (nSPS) is 12.2. The monoisotopic (exact) mass is 309 g/mol. The molecule has 0 aliphatic carbocycles. The molecule has 4 heteroatoms. The SMILES string of the molecule is Cc1ccc(Cl)cc1Oc1cc(Cl)ccc1CC(C)N. The van der Waals surface area contributed by atoms with Crippen LogP contribution in [0.3, 0.4) is 0 Å². The van der Waals surface area contributed by atoms with Gasteiger partial charge in [0, 0.05) is 16.1 Å². The maximum absolute atomic E-state index is 6.05. The number of hydrogen-bond donors (Lipinski definition) is 1. The highest BCUT2D eigenvalue weighted by Gasteiger charge is 2.10. The van der Waals surface area contributed by atoms with E-state index in [1.165, 1.54) is 0 Å². The molecule has 2 aromatic carbocycles. The molecule has 0 heterocycles. The van der Waals surface area contributed by atoms with E-state index in [0.29, 0.717) is 10.0 Å². The van der Waals surface area contributed by atoms with E-state index >= 15 is 0 Å². The lowest BCUT2D eigenvalue weighted by molar-refractivity contribution is 0.470. The number of benzene rings is 2. The first-order chi connectivity index (χ1) is 9.45. The van der Waals surface area contributed by atoms with Crippen LogP contribution in [-0.4, -0.2) is 6.04 Å². The van der Waals surface area contributed by atoms with Crippen molar-refractivity contribution in [2.24, 2.45) is 5.73 Å². The van der Waals surface area contributed by atoms with Crippen molar-refractivity contribution in [1.82, 2.24) is 0 Å². The summed E-state index contributed by atoms with van der Waals surface area (Å²) in [5.74, 6) is 1.45. The third-order valence-corrected chi connectivity index (χ3v) is 3.41. The highest BCUT2D eigenvalue weighted by Crippen LogP contribution is 2.32. The molecule has 2 rings (SSSR count). The maximum Gasteiger partial charge on any atom is 0.132 e. The first-order valence-electron chi connectivity index (χ1n) is 6.43. The summed E-state index contributed by atoms with van der Waals surface area (Å²) in [6, 6.07) is 11.2. The number of nitrogens with two attached hydrogens (primary N) is 1. The Labute approximate surface area is 129 Å². The van der Waals surface area contributed by atoms with Crippen LogP contribution in [0, 0.1) is 6.92 Å². The number of aryl methyl sites for hydroxylation is 1. The van der Waals surface area contributed by atoms with Gasteiger partial charge in [0.15, 0.2) is 0 Å². The highest BCUT2D eigenvalue weighted by atomic mass is 35.5. The van der Waals surface area contributed by atoms with Gasteiger partial charge in [-0.2, -0.15) is 0 Å². The second-order valence-electron chi connectivity index (χ2n) is 4.95. The lowest BCUT2D eigenvalue weighted by Crippen LogP contribution is -2.18. The molecule has 0 aromatic heterocycles. The first-order valence-corrected chi connectivity index (χ1v) is 7.19. The van der Waals surface area contributed by atoms with Gasteiger partial charge in [-0.1, -0.05) is 35.3 Å². The summed E-state index contributed by atoms with van der Waals surface area (Å²) in [5.41, 5.74) is 7.92. The van der Waals surface area contributed by atoms with Crippen LogP contribution in [0.15, 0.2) is 36.4 Å². The molecule has 20 heavy (non-hydrogen) atoms. The molecule has 1 atom stereocenters. The Balaban J connectivity index is 2.36. The summed E-state index contributed by atoms with van der Waals surface area (Å²) in [6.07, 6.45) is 0.728. The van der Waals surface area contributed by atoms with E-state index in [4.69, 9.17) is 33.7 Å². The van der Waals surface area contributed by atoms with Crippen molar-refractivity contribution in [3.63, 3.8) is 0 Å². The predicted molar refractivity (Wildman–Crippen MR) is 85.1 cm³/mol. The highest BCUT2D eigenvalue weighted by molar-refractivity contribution is 6.31. The Morgan fingerprint density at radius 2 is 1.65 bits per heavy atom. The van der Waals surface area contributed by atoms with Crippen molar-refractivity contribution in [3.05, 3.63) is 57.6 Å². The smallest absolute Gasteiger partial charge is 0.132 e. The Bertz CT molecular complexity index is 611. The van der Waals surface area contributed by atoms with Crippen LogP contribution in [0.25, 0.3) is 0 Å². The molecule has 0 aliphatic rings. The molecule has 0 saturated carbocycles. The van der Waals surface area contributed by atoms with E-state index in [9.17, 15) is 0 Å². The third-order valence-electron chi connectivity index (χ3n) is 2.94. The van der Waals surface area contributed by atoms with Crippen molar-refractivity contribution in [3.8, 4) is 11.5 Å². The van der Waals surface area contributed by atoms with Crippen LogP contribution < -0.4 is 10.5 Å². The topological polar surface area (TPSA) is 35.2 Å². The zero-order chi connectivity index (χ0) is 14.7. The summed E-state index contributed by atoms with van der Waals surface area (Å²) in [5, 5.41) is 1.27. The fourth-order valence-corrected chi connectivity index (χ4v) is 2.27. The molecule has 0 fully saturated rings.